The van der Waals surface area contributed by atoms with Gasteiger partial charge in [-0.2, -0.15) is 0 Å². The second kappa shape index (κ2) is 9.71. The molecular weight excluding hydrogens is 527 g/mol. The Morgan fingerprint density at radius 3 is 2.62 bits per heavy atom. The third-order valence-electron chi connectivity index (χ3n) is 4.72. The van der Waals surface area contributed by atoms with Crippen LogP contribution in [0, 0.1) is 0 Å². The first-order chi connectivity index (χ1) is 16.2. The Hall–Kier alpha value is -2.98. The Labute approximate surface area is 211 Å². The Kier molecular flexibility index (Phi) is 6.90. The Balaban J connectivity index is 1.54. The molecule has 0 spiro atoms. The Bertz CT molecular complexity index is 1450. The van der Waals surface area contributed by atoms with Gasteiger partial charge in [0.25, 0.3) is 11.1 Å². The summed E-state index contributed by atoms with van der Waals surface area (Å²) in [6.07, 6.45) is 2.37. The zero-order valence-electron chi connectivity index (χ0n) is 17.2. The molecule has 1 fully saturated rings. The first-order valence-corrected chi connectivity index (χ1v) is 11.4. The zero-order valence-corrected chi connectivity index (χ0v) is 20.3. The average molecular weight is 540 g/mol. The van der Waals surface area contributed by atoms with Crippen LogP contribution in [-0.2, 0) is 9.59 Å². The molecular formula is C22H13Cl3N2O6S. The van der Waals surface area contributed by atoms with Gasteiger partial charge < -0.3 is 14.5 Å². The van der Waals surface area contributed by atoms with E-state index in [1.165, 1.54) is 31.4 Å². The summed E-state index contributed by atoms with van der Waals surface area (Å²) in [5.41, 5.74) is 0.0567. The summed E-state index contributed by atoms with van der Waals surface area (Å²) >= 11 is 18.7. The normalized spacial score (nSPS) is 14.8. The van der Waals surface area contributed by atoms with Crippen molar-refractivity contribution >= 4 is 86.4 Å². The molecule has 1 aromatic heterocycles. The quantitative estimate of drug-likeness (QED) is 0.431. The number of carbonyl (C=O) groups is 3. The summed E-state index contributed by atoms with van der Waals surface area (Å²) in [5, 5.41) is 2.72. The lowest BCUT2D eigenvalue weighted by molar-refractivity contribution is -0.127. The fraction of sp³-hybridized carbons (Fsp3) is 0.0909. The zero-order chi connectivity index (χ0) is 24.6. The Morgan fingerprint density at radius 1 is 1.15 bits per heavy atom. The predicted octanol–water partition coefficient (Wildman–Crippen LogP) is 5.44. The number of hydrogen-bond acceptors (Lipinski definition) is 7. The third-order valence-corrected chi connectivity index (χ3v) is 6.42. The largest absolute Gasteiger partial charge is 0.495 e. The second-order valence-corrected chi connectivity index (χ2v) is 9.19. The number of amides is 3. The van der Waals surface area contributed by atoms with Crippen LogP contribution in [-0.4, -0.2) is 35.6 Å². The van der Waals surface area contributed by atoms with Crippen LogP contribution < -0.4 is 15.5 Å². The van der Waals surface area contributed by atoms with Crippen molar-refractivity contribution in [2.75, 3.05) is 19.0 Å². The van der Waals surface area contributed by atoms with Gasteiger partial charge in [-0.15, -0.1) is 0 Å². The van der Waals surface area contributed by atoms with Gasteiger partial charge in [0, 0.05) is 10.7 Å². The van der Waals surface area contributed by atoms with Gasteiger partial charge in [0.15, 0.2) is 11.0 Å². The van der Waals surface area contributed by atoms with Crippen molar-refractivity contribution in [1.82, 2.24) is 4.90 Å². The van der Waals surface area contributed by atoms with Gasteiger partial charge in [-0.25, -0.2) is 0 Å². The van der Waals surface area contributed by atoms with Gasteiger partial charge in [0.05, 0.1) is 33.0 Å². The molecule has 34 heavy (non-hydrogen) atoms. The van der Waals surface area contributed by atoms with Crippen LogP contribution in [0.5, 0.6) is 5.75 Å². The van der Waals surface area contributed by atoms with Crippen LogP contribution in [0.2, 0.25) is 15.1 Å². The fourth-order valence-corrected chi connectivity index (χ4v) is 4.77. The smallest absolute Gasteiger partial charge is 0.294 e. The molecule has 1 aliphatic rings. The summed E-state index contributed by atoms with van der Waals surface area (Å²) in [6, 6.07) is 7.44. The SMILES string of the molecule is COc1ccc(NC(=O)CN2C(=O)S/C(=C\c3coc4c(Cl)cc(Cl)cc4c3=O)C2=O)cc1Cl. The molecule has 2 heterocycles. The van der Waals surface area contributed by atoms with E-state index in [1.807, 2.05) is 0 Å². The molecule has 1 N–H and O–H groups in total. The molecule has 1 saturated heterocycles. The van der Waals surface area contributed by atoms with E-state index < -0.39 is 29.0 Å². The molecule has 0 bridgehead atoms. The lowest BCUT2D eigenvalue weighted by Crippen LogP contribution is -2.36. The molecule has 0 aliphatic carbocycles. The highest BCUT2D eigenvalue weighted by molar-refractivity contribution is 8.18. The van der Waals surface area contributed by atoms with Crippen molar-refractivity contribution in [3.8, 4) is 5.75 Å². The molecule has 3 amide bonds. The summed E-state index contributed by atoms with van der Waals surface area (Å²) in [5.74, 6) is -0.903. The number of thioether (sulfide) groups is 1. The fourth-order valence-electron chi connectivity index (χ4n) is 3.15. The van der Waals surface area contributed by atoms with E-state index in [4.69, 9.17) is 44.0 Å². The molecule has 0 radical (unpaired) electrons. The first kappa shape index (κ1) is 24.2. The number of fused-ring (bicyclic) bond motifs is 1. The number of carbonyl (C=O) groups excluding carboxylic acids is 3. The number of hydrogen-bond donors (Lipinski definition) is 1. The van der Waals surface area contributed by atoms with Gasteiger partial charge in [-0.05, 0) is 48.2 Å². The summed E-state index contributed by atoms with van der Waals surface area (Å²) in [4.78, 5) is 51.1. The van der Waals surface area contributed by atoms with Crippen molar-refractivity contribution in [1.29, 1.82) is 0 Å². The Morgan fingerprint density at radius 2 is 1.91 bits per heavy atom. The minimum Gasteiger partial charge on any atom is -0.495 e. The molecule has 8 nitrogen and oxygen atoms in total. The maximum Gasteiger partial charge on any atom is 0.294 e. The van der Waals surface area contributed by atoms with Crippen molar-refractivity contribution in [3.05, 3.63) is 72.4 Å². The molecule has 3 aromatic rings. The van der Waals surface area contributed by atoms with E-state index in [9.17, 15) is 19.2 Å². The number of methoxy groups -OCH3 is 1. The number of ether oxygens (including phenoxy) is 1. The number of halogens is 3. The molecule has 174 valence electrons. The molecule has 0 unspecified atom stereocenters. The molecule has 4 rings (SSSR count). The number of nitrogens with one attached hydrogen (secondary N) is 1. The maximum absolute atomic E-state index is 12.8. The van der Waals surface area contributed by atoms with Crippen LogP contribution in [0.15, 0.2) is 50.7 Å². The topological polar surface area (TPSA) is 106 Å². The second-order valence-electron chi connectivity index (χ2n) is 6.95. The van der Waals surface area contributed by atoms with Crippen LogP contribution in [0.1, 0.15) is 5.56 Å². The highest BCUT2D eigenvalue weighted by Crippen LogP contribution is 2.33. The summed E-state index contributed by atoms with van der Waals surface area (Å²) < 4.78 is 10.5. The van der Waals surface area contributed by atoms with Crippen LogP contribution in [0.4, 0.5) is 10.5 Å². The van der Waals surface area contributed by atoms with E-state index in [-0.39, 0.29) is 36.5 Å². The van der Waals surface area contributed by atoms with E-state index >= 15 is 0 Å². The van der Waals surface area contributed by atoms with Gasteiger partial charge >= 0.3 is 0 Å². The minimum absolute atomic E-state index is 0.0219. The number of rotatable bonds is 5. The van der Waals surface area contributed by atoms with Gasteiger partial charge in [-0.3, -0.25) is 24.1 Å². The molecule has 12 heteroatoms. The maximum atomic E-state index is 12.8. The molecule has 2 aromatic carbocycles. The van der Waals surface area contributed by atoms with Crippen molar-refractivity contribution in [2.24, 2.45) is 0 Å². The number of imide groups is 1. The molecule has 0 atom stereocenters. The standard InChI is InChI=1S/C22H13Cl3N2O6S/c1-32-16-3-2-12(7-14(16)24)26-18(28)8-27-21(30)17(34-22(27)31)4-10-9-33-20-13(19(10)29)5-11(23)6-15(20)25/h2-7,9H,8H2,1H3,(H,26,28)/b17-4-. The van der Waals surface area contributed by atoms with Gasteiger partial charge in [-0.1, -0.05) is 34.8 Å². The average Bonchev–Trinajstić information content (AvgIpc) is 3.03. The highest BCUT2D eigenvalue weighted by atomic mass is 35.5. The third kappa shape index (κ3) is 4.78. The van der Waals surface area contributed by atoms with Gasteiger partial charge in [0.2, 0.25) is 5.91 Å². The minimum atomic E-state index is -0.721. The van der Waals surface area contributed by atoms with E-state index in [0.29, 0.717) is 23.2 Å². The lowest BCUT2D eigenvalue weighted by atomic mass is 10.1. The highest BCUT2D eigenvalue weighted by Gasteiger charge is 2.36. The van der Waals surface area contributed by atoms with E-state index in [1.54, 1.807) is 12.1 Å². The van der Waals surface area contributed by atoms with Crippen LogP contribution in [0.25, 0.3) is 17.0 Å². The number of benzene rings is 2. The van der Waals surface area contributed by atoms with E-state index in [0.717, 1.165) is 11.2 Å². The lowest BCUT2D eigenvalue weighted by Gasteiger charge is -2.13. The van der Waals surface area contributed by atoms with Gasteiger partial charge in [0.1, 0.15) is 18.6 Å². The number of nitrogens with zero attached hydrogens (tertiary/aromatic N) is 1. The van der Waals surface area contributed by atoms with Crippen molar-refractivity contribution in [3.63, 3.8) is 0 Å². The number of anilines is 1. The van der Waals surface area contributed by atoms with Crippen molar-refractivity contribution < 1.29 is 23.5 Å². The first-order valence-electron chi connectivity index (χ1n) is 9.47. The summed E-state index contributed by atoms with van der Waals surface area (Å²) in [7, 11) is 1.46. The predicted molar refractivity (Wildman–Crippen MR) is 132 cm³/mol. The van der Waals surface area contributed by atoms with E-state index in [2.05, 4.69) is 5.32 Å². The van der Waals surface area contributed by atoms with Crippen molar-refractivity contribution in [2.45, 2.75) is 0 Å². The van der Waals surface area contributed by atoms with Crippen LogP contribution in [0.3, 0.4) is 0 Å². The monoisotopic (exact) mass is 538 g/mol. The molecule has 1 aliphatic heterocycles. The van der Waals surface area contributed by atoms with Crippen LogP contribution >= 0.6 is 46.6 Å². The summed E-state index contributed by atoms with van der Waals surface area (Å²) in [6.45, 7) is -0.525. The molecule has 0 saturated carbocycles.